The second kappa shape index (κ2) is 12.0. The van der Waals surface area contributed by atoms with E-state index < -0.39 is 9.84 Å². The second-order valence-corrected chi connectivity index (χ2v) is 11.1. The number of likely N-dealkylation sites (tertiary alicyclic amines) is 1. The summed E-state index contributed by atoms with van der Waals surface area (Å²) in [5, 5.41) is 0. The topological polar surface area (TPSA) is 57.7 Å². The minimum Gasteiger partial charge on any atom is -0.302 e. The highest BCUT2D eigenvalue weighted by Crippen LogP contribution is 2.18. The number of aldehydes is 1. The molecule has 1 aliphatic rings. The van der Waals surface area contributed by atoms with Crippen molar-refractivity contribution in [3.05, 3.63) is 29.8 Å². The lowest BCUT2D eigenvalue weighted by atomic mass is 10.0. The van der Waals surface area contributed by atoms with E-state index in [1.54, 1.807) is 12.1 Å². The molecule has 1 saturated heterocycles. The van der Waals surface area contributed by atoms with Crippen molar-refractivity contribution in [3.8, 4) is 0 Å². The molecule has 0 spiro atoms. The Hall–Kier alpha value is -1.24. The minimum atomic E-state index is -3.15. The maximum atomic E-state index is 11.7. The van der Waals surface area contributed by atoms with Gasteiger partial charge in [0.1, 0.15) is 6.29 Å². The Labute approximate surface area is 183 Å². The molecule has 6 heteroatoms. The summed E-state index contributed by atoms with van der Waals surface area (Å²) in [6, 6.07) is 8.24. The van der Waals surface area contributed by atoms with E-state index in [0.29, 0.717) is 17.0 Å². The first-order valence-corrected chi connectivity index (χ1v) is 13.4. The Morgan fingerprint density at radius 2 is 1.80 bits per heavy atom. The van der Waals surface area contributed by atoms with Crippen LogP contribution >= 0.6 is 0 Å². The van der Waals surface area contributed by atoms with Gasteiger partial charge in [0, 0.05) is 18.3 Å². The van der Waals surface area contributed by atoms with Crippen molar-refractivity contribution in [2.45, 2.75) is 88.7 Å². The average molecular weight is 437 g/mol. The van der Waals surface area contributed by atoms with Crippen molar-refractivity contribution in [1.82, 2.24) is 9.80 Å². The molecule has 0 bridgehead atoms. The fourth-order valence-electron chi connectivity index (χ4n) is 4.55. The summed E-state index contributed by atoms with van der Waals surface area (Å²) < 4.78 is 23.3. The number of sulfone groups is 1. The molecule has 2 unspecified atom stereocenters. The highest BCUT2D eigenvalue weighted by molar-refractivity contribution is 7.90. The quantitative estimate of drug-likeness (QED) is 0.388. The number of rotatable bonds is 11. The number of hydrogen-bond donors (Lipinski definition) is 0. The lowest BCUT2D eigenvalue weighted by molar-refractivity contribution is -0.112. The number of benzene rings is 1. The van der Waals surface area contributed by atoms with Crippen LogP contribution in [0.2, 0.25) is 0 Å². The lowest BCUT2D eigenvalue weighted by Crippen LogP contribution is -2.41. The van der Waals surface area contributed by atoms with Gasteiger partial charge in [-0.15, -0.1) is 0 Å². The van der Waals surface area contributed by atoms with Gasteiger partial charge in [-0.3, -0.25) is 9.80 Å². The van der Waals surface area contributed by atoms with Gasteiger partial charge >= 0.3 is 0 Å². The van der Waals surface area contributed by atoms with Crippen LogP contribution in [-0.2, 0) is 21.1 Å². The smallest absolute Gasteiger partial charge is 0.175 e. The Kier molecular flexibility index (Phi) is 9.98. The summed E-state index contributed by atoms with van der Waals surface area (Å²) >= 11 is 0. The fraction of sp³-hybridized carbons (Fsp3) is 0.708. The Bertz CT molecular complexity index is 746. The van der Waals surface area contributed by atoms with Crippen molar-refractivity contribution in [2.24, 2.45) is 0 Å². The third-order valence-corrected chi connectivity index (χ3v) is 7.42. The molecule has 1 fully saturated rings. The van der Waals surface area contributed by atoms with E-state index in [9.17, 15) is 13.2 Å². The molecule has 0 aliphatic carbocycles. The fourth-order valence-corrected chi connectivity index (χ4v) is 5.18. The van der Waals surface area contributed by atoms with Gasteiger partial charge in [-0.2, -0.15) is 0 Å². The van der Waals surface area contributed by atoms with E-state index in [4.69, 9.17) is 0 Å². The van der Waals surface area contributed by atoms with Gasteiger partial charge in [-0.05, 0) is 90.2 Å². The van der Waals surface area contributed by atoms with Gasteiger partial charge in [0.15, 0.2) is 9.84 Å². The van der Waals surface area contributed by atoms with Crippen LogP contribution in [-0.4, -0.2) is 68.5 Å². The van der Waals surface area contributed by atoms with Gasteiger partial charge in [-0.1, -0.05) is 25.0 Å². The third-order valence-electron chi connectivity index (χ3n) is 6.30. The SMILES string of the molecule is CC(C)N(CCCCN1CCCCCC1C=O)C(C)Cc1ccc(S(C)(=O)=O)cc1. The van der Waals surface area contributed by atoms with Crippen molar-refractivity contribution in [2.75, 3.05) is 25.9 Å². The van der Waals surface area contributed by atoms with Crippen LogP contribution < -0.4 is 0 Å². The van der Waals surface area contributed by atoms with Crippen LogP contribution in [0.4, 0.5) is 0 Å². The Morgan fingerprint density at radius 3 is 2.40 bits per heavy atom. The molecule has 170 valence electrons. The van der Waals surface area contributed by atoms with Gasteiger partial charge < -0.3 is 4.79 Å². The second-order valence-electron chi connectivity index (χ2n) is 9.10. The van der Waals surface area contributed by atoms with Crippen molar-refractivity contribution < 1.29 is 13.2 Å². The van der Waals surface area contributed by atoms with Crippen LogP contribution in [0.25, 0.3) is 0 Å². The zero-order valence-corrected chi connectivity index (χ0v) is 20.0. The van der Waals surface area contributed by atoms with E-state index in [0.717, 1.165) is 51.6 Å². The molecule has 1 aromatic carbocycles. The molecule has 0 radical (unpaired) electrons. The van der Waals surface area contributed by atoms with Crippen LogP contribution in [0.3, 0.4) is 0 Å². The molecular weight excluding hydrogens is 396 g/mol. The highest BCUT2D eigenvalue weighted by Gasteiger charge is 2.21. The van der Waals surface area contributed by atoms with Crippen molar-refractivity contribution >= 4 is 16.1 Å². The van der Waals surface area contributed by atoms with E-state index in [2.05, 4.69) is 30.6 Å². The van der Waals surface area contributed by atoms with Gasteiger partial charge in [0.2, 0.25) is 0 Å². The molecule has 0 N–H and O–H groups in total. The summed E-state index contributed by atoms with van der Waals surface area (Å²) in [7, 11) is -3.15. The molecule has 0 amide bonds. The zero-order chi connectivity index (χ0) is 22.1. The molecule has 2 rings (SSSR count). The highest BCUT2D eigenvalue weighted by atomic mass is 32.2. The van der Waals surface area contributed by atoms with E-state index >= 15 is 0 Å². The largest absolute Gasteiger partial charge is 0.302 e. The van der Waals surface area contributed by atoms with Gasteiger partial charge in [-0.25, -0.2) is 8.42 Å². The van der Waals surface area contributed by atoms with Crippen LogP contribution in [0.1, 0.15) is 64.9 Å². The number of carbonyl (C=O) groups is 1. The monoisotopic (exact) mass is 436 g/mol. The first kappa shape index (κ1) is 25.0. The molecule has 5 nitrogen and oxygen atoms in total. The maximum Gasteiger partial charge on any atom is 0.175 e. The molecule has 2 atom stereocenters. The van der Waals surface area contributed by atoms with Crippen LogP contribution in [0, 0.1) is 0 Å². The predicted octanol–water partition coefficient (Wildman–Crippen LogP) is 3.96. The molecule has 1 aromatic rings. The molecule has 1 aliphatic heterocycles. The first-order valence-electron chi connectivity index (χ1n) is 11.5. The lowest BCUT2D eigenvalue weighted by Gasteiger charge is -2.33. The predicted molar refractivity (Wildman–Crippen MR) is 124 cm³/mol. The van der Waals surface area contributed by atoms with Gasteiger partial charge in [0.05, 0.1) is 10.9 Å². The molecule has 30 heavy (non-hydrogen) atoms. The zero-order valence-electron chi connectivity index (χ0n) is 19.2. The van der Waals surface area contributed by atoms with Gasteiger partial charge in [0.25, 0.3) is 0 Å². The summed E-state index contributed by atoms with van der Waals surface area (Å²) in [6.07, 6.45) is 10.2. The normalized spacial score (nSPS) is 19.7. The van der Waals surface area contributed by atoms with E-state index in [1.807, 2.05) is 12.1 Å². The first-order chi connectivity index (χ1) is 14.2. The molecule has 1 heterocycles. The van der Waals surface area contributed by atoms with Crippen molar-refractivity contribution in [3.63, 3.8) is 0 Å². The molecule has 0 saturated carbocycles. The standard InChI is InChI=1S/C24H40N2O3S/c1-20(2)26(17-9-8-16-25-15-7-5-6-10-23(25)19-27)21(3)18-22-11-13-24(14-12-22)30(4,28)29/h11-14,19-21,23H,5-10,15-18H2,1-4H3. The number of unbranched alkanes of at least 4 members (excludes halogenated alkanes) is 1. The summed E-state index contributed by atoms with van der Waals surface area (Å²) in [5.74, 6) is 0. The molecular formula is C24H40N2O3S. The Morgan fingerprint density at radius 1 is 1.10 bits per heavy atom. The summed E-state index contributed by atoms with van der Waals surface area (Å²) in [5.41, 5.74) is 1.17. The minimum absolute atomic E-state index is 0.113. The third kappa shape index (κ3) is 7.78. The van der Waals surface area contributed by atoms with Crippen LogP contribution in [0.15, 0.2) is 29.2 Å². The summed E-state index contributed by atoms with van der Waals surface area (Å²) in [6.45, 7) is 9.83. The maximum absolute atomic E-state index is 11.7. The number of nitrogens with zero attached hydrogens (tertiary/aromatic N) is 2. The Balaban J connectivity index is 1.85. The van der Waals surface area contributed by atoms with E-state index in [1.165, 1.54) is 31.1 Å². The molecule has 0 aromatic heterocycles. The van der Waals surface area contributed by atoms with Crippen molar-refractivity contribution in [1.29, 1.82) is 0 Å². The summed E-state index contributed by atoms with van der Waals surface area (Å²) in [4.78, 5) is 16.7. The average Bonchev–Trinajstić information content (AvgIpc) is 2.92. The number of carbonyl (C=O) groups excluding carboxylic acids is 1. The van der Waals surface area contributed by atoms with E-state index in [-0.39, 0.29) is 6.04 Å². The number of hydrogen-bond acceptors (Lipinski definition) is 5. The van der Waals surface area contributed by atoms with Crippen LogP contribution in [0.5, 0.6) is 0 Å².